The van der Waals surface area contributed by atoms with Crippen molar-refractivity contribution in [1.82, 2.24) is 0 Å². The molecule has 0 heterocycles. The van der Waals surface area contributed by atoms with Gasteiger partial charge in [0.15, 0.2) is 0 Å². The fourth-order valence-corrected chi connectivity index (χ4v) is 2.83. The van der Waals surface area contributed by atoms with E-state index in [0.29, 0.717) is 5.69 Å². The van der Waals surface area contributed by atoms with Crippen molar-refractivity contribution in [2.24, 2.45) is 0 Å². The lowest BCUT2D eigenvalue weighted by atomic mass is 10.1. The minimum atomic E-state index is -0.279. The molecule has 0 aliphatic rings. The topological polar surface area (TPSA) is 26.0 Å². The lowest BCUT2D eigenvalue weighted by molar-refractivity contribution is 0.625. The second kappa shape index (κ2) is 5.44. The molecule has 0 radical (unpaired) electrons. The van der Waals surface area contributed by atoms with E-state index in [1.807, 2.05) is 0 Å². The van der Waals surface area contributed by atoms with E-state index in [9.17, 15) is 4.39 Å². The predicted molar refractivity (Wildman–Crippen MR) is 76.3 cm³/mol. The minimum Gasteiger partial charge on any atom is -0.399 e. The maximum Gasteiger partial charge on any atom is 0.126 e. The Morgan fingerprint density at radius 2 is 1.89 bits per heavy atom. The van der Waals surface area contributed by atoms with Crippen molar-refractivity contribution in [2.45, 2.75) is 24.5 Å². The lowest BCUT2D eigenvalue weighted by Crippen LogP contribution is -1.90. The normalized spacial score (nSPS) is 10.6. The number of nitrogen functional groups attached to an aromatic ring is 1. The molecular formula is C15H16FNS. The molecule has 0 aliphatic heterocycles. The Hall–Kier alpha value is -1.48. The highest BCUT2D eigenvalue weighted by atomic mass is 32.2. The molecule has 0 unspecified atom stereocenters. The van der Waals surface area contributed by atoms with E-state index in [1.165, 1.54) is 28.8 Å². The van der Waals surface area contributed by atoms with Crippen LogP contribution >= 0.6 is 11.8 Å². The zero-order valence-electron chi connectivity index (χ0n) is 10.5. The number of hydrogen-bond donors (Lipinski definition) is 1. The average molecular weight is 261 g/mol. The van der Waals surface area contributed by atoms with Crippen molar-refractivity contribution < 1.29 is 4.39 Å². The average Bonchev–Trinajstić information content (AvgIpc) is 2.29. The van der Waals surface area contributed by atoms with Gasteiger partial charge in [-0.05, 0) is 43.2 Å². The molecule has 0 bridgehead atoms. The molecule has 0 spiro atoms. The van der Waals surface area contributed by atoms with Crippen LogP contribution in [0.2, 0.25) is 0 Å². The molecule has 0 saturated heterocycles. The van der Waals surface area contributed by atoms with Gasteiger partial charge in [-0.15, -0.1) is 11.8 Å². The fourth-order valence-electron chi connectivity index (χ4n) is 1.78. The Balaban J connectivity index is 2.13. The first-order valence-electron chi connectivity index (χ1n) is 5.79. The Morgan fingerprint density at radius 1 is 1.11 bits per heavy atom. The third-order valence-electron chi connectivity index (χ3n) is 2.79. The largest absolute Gasteiger partial charge is 0.399 e. The summed E-state index contributed by atoms with van der Waals surface area (Å²) in [5.41, 5.74) is 9.89. The first-order valence-corrected chi connectivity index (χ1v) is 6.78. The van der Waals surface area contributed by atoms with E-state index in [1.54, 1.807) is 17.8 Å². The highest BCUT2D eigenvalue weighted by Crippen LogP contribution is 2.27. The maximum absolute atomic E-state index is 13.2. The summed E-state index contributed by atoms with van der Waals surface area (Å²) in [6, 6.07) is 11.0. The number of hydrogen-bond acceptors (Lipinski definition) is 2. The van der Waals surface area contributed by atoms with Crippen molar-refractivity contribution in [3.8, 4) is 0 Å². The van der Waals surface area contributed by atoms with Crippen LogP contribution in [0.25, 0.3) is 0 Å². The molecule has 2 rings (SSSR count). The third-order valence-corrected chi connectivity index (χ3v) is 3.82. The van der Waals surface area contributed by atoms with Crippen LogP contribution in [0.3, 0.4) is 0 Å². The first-order chi connectivity index (χ1) is 8.54. The molecule has 0 aliphatic carbocycles. The van der Waals surface area contributed by atoms with Crippen molar-refractivity contribution in [3.05, 3.63) is 58.9 Å². The number of aryl methyl sites for hydroxylation is 2. The molecule has 1 nitrogen and oxygen atoms in total. The van der Waals surface area contributed by atoms with E-state index in [-0.39, 0.29) is 5.82 Å². The van der Waals surface area contributed by atoms with Crippen molar-refractivity contribution in [3.63, 3.8) is 0 Å². The number of halogens is 1. The van der Waals surface area contributed by atoms with Gasteiger partial charge in [-0.25, -0.2) is 4.39 Å². The van der Waals surface area contributed by atoms with E-state index in [4.69, 9.17) is 5.73 Å². The molecule has 2 aromatic rings. The van der Waals surface area contributed by atoms with Crippen LogP contribution in [0.15, 0.2) is 41.3 Å². The molecule has 0 atom stereocenters. The zero-order valence-corrected chi connectivity index (χ0v) is 11.4. The molecule has 94 valence electrons. The third kappa shape index (κ3) is 3.26. The van der Waals surface area contributed by atoms with Crippen LogP contribution < -0.4 is 5.73 Å². The van der Waals surface area contributed by atoms with Gasteiger partial charge in [0.1, 0.15) is 5.82 Å². The first kappa shape index (κ1) is 13.0. The summed E-state index contributed by atoms with van der Waals surface area (Å²) in [5.74, 6) is 0.551. The predicted octanol–water partition coefficient (Wildman–Crippen LogP) is 4.32. The summed E-state index contributed by atoms with van der Waals surface area (Å²) in [7, 11) is 0. The monoisotopic (exact) mass is 261 g/mol. The molecule has 0 saturated carbocycles. The molecule has 0 amide bonds. The summed E-state index contributed by atoms with van der Waals surface area (Å²) >= 11 is 1.60. The summed E-state index contributed by atoms with van der Waals surface area (Å²) in [6.07, 6.45) is 0. The molecule has 0 aromatic heterocycles. The van der Waals surface area contributed by atoms with Gasteiger partial charge in [0.2, 0.25) is 0 Å². The summed E-state index contributed by atoms with van der Waals surface area (Å²) < 4.78 is 13.2. The van der Waals surface area contributed by atoms with Crippen LogP contribution in [-0.4, -0.2) is 0 Å². The Kier molecular flexibility index (Phi) is 3.92. The van der Waals surface area contributed by atoms with Gasteiger partial charge in [-0.1, -0.05) is 23.8 Å². The highest BCUT2D eigenvalue weighted by molar-refractivity contribution is 7.98. The van der Waals surface area contributed by atoms with Gasteiger partial charge in [0.05, 0.1) is 0 Å². The van der Waals surface area contributed by atoms with E-state index in [2.05, 4.69) is 32.0 Å². The Labute approximate surface area is 111 Å². The second-order valence-corrected chi connectivity index (χ2v) is 5.49. The van der Waals surface area contributed by atoms with Crippen LogP contribution in [0.5, 0.6) is 0 Å². The zero-order chi connectivity index (χ0) is 13.1. The van der Waals surface area contributed by atoms with Crippen LogP contribution in [0, 0.1) is 19.7 Å². The number of anilines is 1. The summed E-state index contributed by atoms with van der Waals surface area (Å²) in [6.45, 7) is 4.17. The summed E-state index contributed by atoms with van der Waals surface area (Å²) in [5, 5.41) is 0. The highest BCUT2D eigenvalue weighted by Gasteiger charge is 2.03. The molecule has 2 N–H and O–H groups in total. The molecule has 18 heavy (non-hydrogen) atoms. The van der Waals surface area contributed by atoms with E-state index in [0.717, 1.165) is 10.6 Å². The van der Waals surface area contributed by atoms with Crippen molar-refractivity contribution in [2.75, 3.05) is 5.73 Å². The standard InChI is InChI=1S/C15H16FNS/c1-10-3-4-11(2)12(5-10)9-18-15-7-13(16)6-14(17)8-15/h3-8H,9,17H2,1-2H3. The van der Waals surface area contributed by atoms with Gasteiger partial charge in [-0.2, -0.15) is 0 Å². The van der Waals surface area contributed by atoms with Gasteiger partial charge in [0.25, 0.3) is 0 Å². The summed E-state index contributed by atoms with van der Waals surface area (Å²) in [4.78, 5) is 0.869. The number of nitrogens with two attached hydrogens (primary N) is 1. The Morgan fingerprint density at radius 3 is 2.61 bits per heavy atom. The van der Waals surface area contributed by atoms with Crippen LogP contribution in [0.4, 0.5) is 10.1 Å². The number of thioether (sulfide) groups is 1. The van der Waals surface area contributed by atoms with E-state index < -0.39 is 0 Å². The van der Waals surface area contributed by atoms with Crippen molar-refractivity contribution in [1.29, 1.82) is 0 Å². The van der Waals surface area contributed by atoms with Crippen LogP contribution in [-0.2, 0) is 5.75 Å². The Bertz CT molecular complexity index is 546. The fraction of sp³-hybridized carbons (Fsp3) is 0.200. The molecule has 2 aromatic carbocycles. The quantitative estimate of drug-likeness (QED) is 0.658. The van der Waals surface area contributed by atoms with Crippen LogP contribution in [0.1, 0.15) is 16.7 Å². The van der Waals surface area contributed by atoms with Gasteiger partial charge in [-0.3, -0.25) is 0 Å². The molecular weight excluding hydrogens is 245 g/mol. The maximum atomic E-state index is 13.2. The SMILES string of the molecule is Cc1ccc(C)c(CSc2cc(N)cc(F)c2)c1. The van der Waals surface area contributed by atoms with Crippen molar-refractivity contribution >= 4 is 17.4 Å². The second-order valence-electron chi connectivity index (χ2n) is 4.44. The van der Waals surface area contributed by atoms with Gasteiger partial charge in [0, 0.05) is 16.3 Å². The van der Waals surface area contributed by atoms with Gasteiger partial charge >= 0.3 is 0 Å². The molecule has 0 fully saturated rings. The van der Waals surface area contributed by atoms with Gasteiger partial charge < -0.3 is 5.73 Å². The van der Waals surface area contributed by atoms with E-state index >= 15 is 0 Å². The minimum absolute atomic E-state index is 0.279. The number of benzene rings is 2. The lowest BCUT2D eigenvalue weighted by Gasteiger charge is -2.07. The molecule has 3 heteroatoms. The number of rotatable bonds is 3. The smallest absolute Gasteiger partial charge is 0.126 e.